The number of ether oxygens (including phenoxy) is 8. The van der Waals surface area contributed by atoms with E-state index in [0.29, 0.717) is 41.8 Å². The van der Waals surface area contributed by atoms with E-state index in [0.717, 1.165) is 55.0 Å². The molecule has 0 aliphatic carbocycles. The molecule has 0 fully saturated rings. The molecule has 6 aliphatic rings. The normalized spacial score (nSPS) is 17.6. The summed E-state index contributed by atoms with van der Waals surface area (Å²) in [4.78, 5) is 215. The Hall–Kier alpha value is -13.6. The van der Waals surface area contributed by atoms with Gasteiger partial charge in [-0.2, -0.15) is 0 Å². The first-order valence-corrected chi connectivity index (χ1v) is 42.4. The van der Waals surface area contributed by atoms with E-state index in [2.05, 4.69) is 42.5 Å². The number of aliphatic hydroxyl groups excluding tert-OH is 2. The Balaban J connectivity index is 0.679. The summed E-state index contributed by atoms with van der Waals surface area (Å²) in [6, 6.07) is 12.3. The van der Waals surface area contributed by atoms with E-state index in [1.54, 1.807) is 102 Å². The van der Waals surface area contributed by atoms with E-state index in [9.17, 15) is 86.9 Å². The first kappa shape index (κ1) is 97.6. The third kappa shape index (κ3) is 25.9. The lowest BCUT2D eigenvalue weighted by Crippen LogP contribution is -2.53. The fourth-order valence-electron chi connectivity index (χ4n) is 14.6. The number of anilines is 4. The van der Waals surface area contributed by atoms with Crippen LogP contribution in [0, 0.1) is 11.8 Å². The molecule has 10 rings (SSSR count). The van der Waals surface area contributed by atoms with Crippen molar-refractivity contribution in [2.75, 3.05) is 100 Å². The molecule has 6 aliphatic heterocycles. The lowest BCUT2D eigenvalue weighted by atomic mass is 10.0. The fourth-order valence-corrected chi connectivity index (χ4v) is 14.6. The molecule has 16 amide bonds. The number of carbonyl (C=O) groups excluding carboxylic acids is 16. The van der Waals surface area contributed by atoms with Crippen molar-refractivity contribution in [2.45, 2.75) is 175 Å². The second kappa shape index (κ2) is 45.7. The van der Waals surface area contributed by atoms with Crippen LogP contribution in [-0.4, -0.2) is 253 Å². The van der Waals surface area contributed by atoms with E-state index in [4.69, 9.17) is 37.9 Å². The van der Waals surface area contributed by atoms with Gasteiger partial charge in [-0.15, -0.1) is 0 Å². The van der Waals surface area contributed by atoms with Gasteiger partial charge in [0.1, 0.15) is 37.4 Å². The van der Waals surface area contributed by atoms with Crippen LogP contribution in [0.25, 0.3) is 0 Å². The van der Waals surface area contributed by atoms with Crippen molar-refractivity contribution in [3.05, 3.63) is 143 Å². The Morgan fingerprint density at radius 1 is 0.434 bits per heavy atom. The lowest BCUT2D eigenvalue weighted by Gasteiger charge is -2.31. The topological polar surface area (TPSA) is 503 Å². The monoisotopic (exact) mass is 1790 g/mol. The molecule has 0 unspecified atom stereocenters. The summed E-state index contributed by atoms with van der Waals surface area (Å²) >= 11 is 0. The molecule has 0 bridgehead atoms. The van der Waals surface area contributed by atoms with Gasteiger partial charge in [0.2, 0.25) is 47.3 Å². The van der Waals surface area contributed by atoms with Gasteiger partial charge in [-0.1, -0.05) is 63.1 Å². The molecule has 4 aromatic rings. The van der Waals surface area contributed by atoms with Crippen molar-refractivity contribution in [2.24, 2.45) is 11.8 Å². The number of nitrogens with zero attached hydrogens (tertiary/aromatic N) is 6. The average Bonchev–Trinajstić information content (AvgIpc) is 1.62. The fraction of sp³-hybridized carbons (Fsp3) is 0.461. The lowest BCUT2D eigenvalue weighted by molar-refractivity contribution is -0.139. The molecule has 6 heterocycles. The van der Waals surface area contributed by atoms with Gasteiger partial charge in [-0.3, -0.25) is 76.9 Å². The van der Waals surface area contributed by atoms with Gasteiger partial charge in [-0.05, 0) is 119 Å². The first-order chi connectivity index (χ1) is 61.6. The Morgan fingerprint density at radius 2 is 0.798 bits per heavy atom. The summed E-state index contributed by atoms with van der Waals surface area (Å²) in [6.07, 6.45) is 3.92. The van der Waals surface area contributed by atoms with Crippen molar-refractivity contribution < 1.29 is 125 Å². The molecule has 0 radical (unpaired) electrons. The van der Waals surface area contributed by atoms with Crippen LogP contribution in [-0.2, 0) is 89.7 Å². The maximum atomic E-state index is 14.4. The van der Waals surface area contributed by atoms with Crippen LogP contribution in [0.5, 0.6) is 23.0 Å². The molecular weight excluding hydrogens is 1680 g/mol. The Labute approximate surface area is 744 Å². The van der Waals surface area contributed by atoms with Crippen molar-refractivity contribution in [3.8, 4) is 23.0 Å². The predicted molar refractivity (Wildman–Crippen MR) is 462 cm³/mol. The number of nitrogens with one attached hydrogen (secondary N) is 8. The number of hydrogen-bond acceptors (Lipinski definition) is 26. The summed E-state index contributed by atoms with van der Waals surface area (Å²) in [5, 5.41) is 45.5. The highest BCUT2D eigenvalue weighted by Crippen LogP contribution is 2.44. The van der Waals surface area contributed by atoms with E-state index in [1.165, 1.54) is 62.1 Å². The van der Waals surface area contributed by atoms with E-state index >= 15 is 0 Å². The van der Waals surface area contributed by atoms with Crippen LogP contribution in [0.4, 0.5) is 32.3 Å². The predicted octanol–water partition coefficient (Wildman–Crippen LogP) is 4.36. The van der Waals surface area contributed by atoms with Gasteiger partial charge in [0.05, 0.1) is 88.4 Å². The molecule has 40 nitrogen and oxygen atoms in total. The third-order valence-electron chi connectivity index (χ3n) is 21.6. The van der Waals surface area contributed by atoms with Gasteiger partial charge in [-0.25, -0.2) is 19.4 Å². The molecular formula is C89H110N14O26. The minimum atomic E-state index is -1.61. The third-order valence-corrected chi connectivity index (χ3v) is 21.6. The maximum absolute atomic E-state index is 14.4. The number of hydrogen-bond donors (Lipinski definition) is 10. The number of rotatable bonds is 44. The summed E-state index contributed by atoms with van der Waals surface area (Å²) in [5.41, 5.74) is 3.09. The number of methoxy groups -OCH3 is 2. The van der Waals surface area contributed by atoms with Crippen LogP contribution in [0.3, 0.4) is 0 Å². The Kier molecular flexibility index (Phi) is 34.6. The molecule has 0 saturated carbocycles. The zero-order chi connectivity index (χ0) is 93.4. The summed E-state index contributed by atoms with van der Waals surface area (Å²) in [7, 11) is 2.77. The van der Waals surface area contributed by atoms with E-state index in [1.807, 2.05) is 0 Å². The number of amides is 16. The molecule has 0 spiro atoms. The quantitative estimate of drug-likeness (QED) is 0.0217. The van der Waals surface area contributed by atoms with Crippen LogP contribution in [0.15, 0.2) is 121 Å². The maximum Gasteiger partial charge on any atom is 0.416 e. The molecule has 129 heavy (non-hydrogen) atoms. The van der Waals surface area contributed by atoms with Crippen LogP contribution < -0.4 is 71.3 Å². The summed E-state index contributed by atoms with van der Waals surface area (Å²) in [5.74, 6) is -7.40. The molecule has 692 valence electrons. The second-order valence-corrected chi connectivity index (χ2v) is 32.1. The standard InChI is InChI=1S/C89H110N14O26/c1-50(2)78(96-72(106)28-36-124-38-30-90-70(104)26-32-98-74(108)22-23-75(98)109)82(114)92-54(7)80(112)94-58-18-14-56(15-19-58)48-128-88(120)102-62-44-68(66(122-9)42-60(62)84(116)100-46-52(5)40-64(100)86(102)118)126-34-12-11-13-35-127-69-45-63-61(43-67(69)123-10)85(117)101-47-53(6)41-65(101)87(119)103(63)89(121)129-49-57-16-20-59(21-17-57)95-81(113)55(8)93-83(115)79(51(3)4)97-73(107)29-37-125-39-31-91-71(105)27-33-99-76(110)24-25-77(99)111/h14-25,42-47,50-51,54-55,64-65,78-79,86-87,118-119H,11-13,26-41,48-49H2,1-10H3,(H,90,104)(H,91,105)(H,92,114)(H,93,115)(H,94,112)(H,95,113)(H,96,106)(H,97,107)/t54-,55-,64-,65-,78-,79-,86-,87-/m0/s1. The van der Waals surface area contributed by atoms with Gasteiger partial charge in [0.15, 0.2) is 35.5 Å². The number of benzene rings is 4. The largest absolute Gasteiger partial charge is 0.493 e. The minimum Gasteiger partial charge on any atom is -0.493 e. The zero-order valence-corrected chi connectivity index (χ0v) is 73.4. The zero-order valence-electron chi connectivity index (χ0n) is 73.4. The number of aliphatic hydroxyl groups is 2. The van der Waals surface area contributed by atoms with Gasteiger partial charge in [0.25, 0.3) is 35.4 Å². The van der Waals surface area contributed by atoms with Gasteiger partial charge < -0.3 is 100 Å². The highest BCUT2D eigenvalue weighted by Gasteiger charge is 2.48. The number of carbonyl (C=O) groups is 16. The first-order valence-electron chi connectivity index (χ1n) is 42.4. The molecule has 10 N–H and O–H groups in total. The Bertz CT molecular complexity index is 4670. The van der Waals surface area contributed by atoms with E-state index < -0.39 is 144 Å². The SMILES string of the molecule is COc1cc2c(cc1OCCCCCOc1cc3c(cc1OC)C(=O)N1C=C(C)C[C@H]1[C@H](O)N3C(=O)OCc1ccc(NC(=O)[C@H](C)NC(=O)[C@@H](NC(=O)CCOCCNC(=O)CCN3C(=O)C=CC3=O)C(C)C)cc1)N(C(=O)OCc1ccc(NC(=O)[C@H](C)NC(=O)[C@@H](NC(=O)CCOCCNC(=O)CCN3C(=O)C=CC3=O)C(C)C)cc1)[C@@H](O)[C@@H]1CC(C)=CN1C2=O. The molecule has 40 heteroatoms. The van der Waals surface area contributed by atoms with Crippen molar-refractivity contribution in [1.29, 1.82) is 0 Å². The highest BCUT2D eigenvalue weighted by atomic mass is 16.6. The number of imide groups is 2. The average molecular weight is 1790 g/mol. The second-order valence-electron chi connectivity index (χ2n) is 32.1. The van der Waals surface area contributed by atoms with Crippen molar-refractivity contribution in [3.63, 3.8) is 0 Å². The molecule has 8 atom stereocenters. The van der Waals surface area contributed by atoms with E-state index in [-0.39, 0.29) is 175 Å². The van der Waals surface area contributed by atoms with Gasteiger partial charge in [0, 0.05) is 112 Å². The summed E-state index contributed by atoms with van der Waals surface area (Å²) < 4.78 is 46.6. The van der Waals surface area contributed by atoms with Crippen LogP contribution in [0.1, 0.15) is 145 Å². The molecule has 0 aromatic heterocycles. The number of unbranched alkanes of at least 4 members (excludes halogenated alkanes) is 2. The summed E-state index contributed by atoms with van der Waals surface area (Å²) in [6.45, 7) is 13.1. The van der Waals surface area contributed by atoms with Crippen LogP contribution in [0.2, 0.25) is 0 Å². The minimum absolute atomic E-state index is 0.00347. The highest BCUT2D eigenvalue weighted by molar-refractivity contribution is 6.14. The van der Waals surface area contributed by atoms with Crippen LogP contribution >= 0.6 is 0 Å². The Morgan fingerprint density at radius 3 is 1.15 bits per heavy atom. The molecule has 4 aromatic carbocycles. The molecule has 0 saturated heterocycles. The number of fused-ring (bicyclic) bond motifs is 4. The van der Waals surface area contributed by atoms with Crippen molar-refractivity contribution in [1.82, 2.24) is 51.5 Å². The van der Waals surface area contributed by atoms with Crippen molar-refractivity contribution >= 4 is 118 Å². The smallest absolute Gasteiger partial charge is 0.416 e. The van der Waals surface area contributed by atoms with Gasteiger partial charge >= 0.3 is 12.2 Å².